The number of likely N-dealkylation sites (N-methyl/N-ethyl adjacent to an activating group) is 1. The van der Waals surface area contributed by atoms with Crippen molar-refractivity contribution in [3.63, 3.8) is 0 Å². The highest BCUT2D eigenvalue weighted by molar-refractivity contribution is 6.12. The zero-order valence-corrected chi connectivity index (χ0v) is 21.3. The van der Waals surface area contributed by atoms with Gasteiger partial charge in [-0.3, -0.25) is 9.59 Å². The molecule has 0 spiro atoms. The number of para-hydroxylation sites is 1. The molecule has 1 saturated heterocycles. The number of benzene rings is 1. The number of aliphatic imine (C=N–C) groups is 1. The van der Waals surface area contributed by atoms with Crippen molar-refractivity contribution in [3.8, 4) is 0 Å². The molecule has 0 aromatic heterocycles. The Kier molecular flexibility index (Phi) is 9.51. The van der Waals surface area contributed by atoms with Crippen molar-refractivity contribution in [2.75, 3.05) is 25.0 Å². The first kappa shape index (κ1) is 26.2. The molecule has 2 N–H and O–H groups in total. The van der Waals surface area contributed by atoms with Crippen LogP contribution in [0.5, 0.6) is 0 Å². The van der Waals surface area contributed by atoms with Crippen molar-refractivity contribution in [2.45, 2.75) is 84.4 Å². The Hall–Kier alpha value is -2.41. The molecule has 188 valence electrons. The van der Waals surface area contributed by atoms with Gasteiger partial charge in [0.1, 0.15) is 5.84 Å². The van der Waals surface area contributed by atoms with Gasteiger partial charge in [-0.1, -0.05) is 58.6 Å². The molecule has 1 aromatic carbocycles. The molecule has 2 heterocycles. The third-order valence-electron chi connectivity index (χ3n) is 6.89. The van der Waals surface area contributed by atoms with Gasteiger partial charge in [0.15, 0.2) is 0 Å². The van der Waals surface area contributed by atoms with E-state index in [-0.39, 0.29) is 17.7 Å². The quantitative estimate of drug-likeness (QED) is 0.603. The number of amides is 2. The normalized spacial score (nSPS) is 20.8. The molecule has 7 nitrogen and oxygen atoms in total. The number of hydrogen-bond donors (Lipinski definition) is 2. The molecule has 2 aliphatic heterocycles. The number of nitrogens with one attached hydrogen (secondary N) is 1. The Balaban J connectivity index is 1.93. The molecule has 7 heteroatoms. The van der Waals surface area contributed by atoms with E-state index in [9.17, 15) is 14.7 Å². The van der Waals surface area contributed by atoms with Gasteiger partial charge in [-0.25, -0.2) is 4.99 Å². The average Bonchev–Trinajstić information content (AvgIpc) is 3.15. The summed E-state index contributed by atoms with van der Waals surface area (Å²) in [6.45, 7) is 7.93. The van der Waals surface area contributed by atoms with Gasteiger partial charge in [-0.05, 0) is 43.7 Å². The number of aliphatic hydroxyl groups excluding tert-OH is 1. The first-order valence-corrected chi connectivity index (χ1v) is 13.0. The Morgan fingerprint density at radius 3 is 2.50 bits per heavy atom. The third kappa shape index (κ3) is 6.38. The van der Waals surface area contributed by atoms with E-state index >= 15 is 0 Å². The Bertz CT molecular complexity index is 861. The topological polar surface area (TPSA) is 85.2 Å². The number of aliphatic hydroxyl groups is 1. The molecule has 0 aliphatic carbocycles. The fraction of sp³-hybridized carbons (Fsp3) is 0.667. The number of carbonyl (C=O) groups excluding carboxylic acids is 2. The fourth-order valence-corrected chi connectivity index (χ4v) is 4.94. The van der Waals surface area contributed by atoms with Gasteiger partial charge in [0, 0.05) is 25.7 Å². The predicted octanol–water partition coefficient (Wildman–Crippen LogP) is 3.94. The second kappa shape index (κ2) is 12.3. The molecule has 1 unspecified atom stereocenters. The smallest absolute Gasteiger partial charge is 0.272 e. The molecule has 2 amide bonds. The number of fused-ring (bicyclic) bond motifs is 1. The summed E-state index contributed by atoms with van der Waals surface area (Å²) in [5, 5.41) is 13.7. The van der Waals surface area contributed by atoms with Gasteiger partial charge in [0.05, 0.1) is 17.7 Å². The third-order valence-corrected chi connectivity index (χ3v) is 6.89. The molecule has 0 saturated carbocycles. The van der Waals surface area contributed by atoms with E-state index in [0.717, 1.165) is 55.9 Å². The van der Waals surface area contributed by atoms with E-state index in [1.165, 1.54) is 12.8 Å². The summed E-state index contributed by atoms with van der Waals surface area (Å²) >= 11 is 0. The van der Waals surface area contributed by atoms with Crippen LogP contribution in [0.4, 0.5) is 5.69 Å². The van der Waals surface area contributed by atoms with Crippen LogP contribution in [-0.4, -0.2) is 60.1 Å². The van der Waals surface area contributed by atoms with Crippen LogP contribution in [0.1, 0.15) is 77.7 Å². The highest BCUT2D eigenvalue weighted by Gasteiger charge is 2.35. The zero-order valence-electron chi connectivity index (χ0n) is 21.3. The number of amidine groups is 1. The number of benzodiazepines with no additional fused rings is 1. The van der Waals surface area contributed by atoms with E-state index in [1.54, 1.807) is 11.9 Å². The number of likely N-dealkylation sites (tertiary alicyclic amines) is 1. The molecule has 1 aromatic rings. The molecule has 1 fully saturated rings. The van der Waals surface area contributed by atoms with Gasteiger partial charge in [0.25, 0.3) is 5.91 Å². The zero-order chi connectivity index (χ0) is 24.7. The molecule has 3 rings (SSSR count). The van der Waals surface area contributed by atoms with Crippen molar-refractivity contribution >= 4 is 23.3 Å². The van der Waals surface area contributed by atoms with Crippen LogP contribution in [-0.2, 0) is 9.59 Å². The summed E-state index contributed by atoms with van der Waals surface area (Å²) in [5.41, 5.74) is 1.72. The average molecular weight is 471 g/mol. The largest absolute Gasteiger partial charge is 0.392 e. The van der Waals surface area contributed by atoms with Crippen LogP contribution in [0.3, 0.4) is 0 Å². The Morgan fingerprint density at radius 2 is 1.85 bits per heavy atom. The maximum absolute atomic E-state index is 13.4. The van der Waals surface area contributed by atoms with Crippen LogP contribution in [0.2, 0.25) is 0 Å². The van der Waals surface area contributed by atoms with Gasteiger partial charge in [0.2, 0.25) is 12.1 Å². The standard InChI is InChI=1S/C27H42N4O3/c1-5-6-15-23(32)21(18-19(2)3)26(33)29-24-27(34)30(4)22-14-10-9-13-20(22)25(28-24)31-16-11-7-8-12-17-31/h9-10,13-14,19,21,23-24,32H,5-8,11-12,15-18H2,1-4H3,(H,29,33)/t21-,23+,24?/m1/s1. The number of carbonyl (C=O) groups is 2. The van der Waals surface area contributed by atoms with Crippen molar-refractivity contribution in [1.29, 1.82) is 0 Å². The Morgan fingerprint density at radius 1 is 1.18 bits per heavy atom. The summed E-state index contributed by atoms with van der Waals surface area (Å²) in [4.78, 5) is 35.6. The van der Waals surface area contributed by atoms with Crippen LogP contribution in [0, 0.1) is 11.8 Å². The van der Waals surface area contributed by atoms with Gasteiger partial charge in [-0.2, -0.15) is 0 Å². The van der Waals surface area contributed by atoms with Crippen molar-refractivity contribution in [2.24, 2.45) is 16.8 Å². The molecule has 0 bridgehead atoms. The SMILES string of the molecule is CCCC[C@H](O)[C@@H](CC(C)C)C(=O)NC1N=C(N2CCCCCC2)c2ccccc2N(C)C1=O. The maximum Gasteiger partial charge on any atom is 0.272 e. The maximum atomic E-state index is 13.4. The van der Waals surface area contributed by atoms with Crippen molar-refractivity contribution in [3.05, 3.63) is 29.8 Å². The van der Waals surface area contributed by atoms with Gasteiger partial charge < -0.3 is 20.2 Å². The lowest BCUT2D eigenvalue weighted by atomic mass is 9.88. The highest BCUT2D eigenvalue weighted by Crippen LogP contribution is 2.27. The first-order chi connectivity index (χ1) is 16.3. The number of nitrogens with zero attached hydrogens (tertiary/aromatic N) is 3. The fourth-order valence-electron chi connectivity index (χ4n) is 4.94. The summed E-state index contributed by atoms with van der Waals surface area (Å²) in [6.07, 6.45) is 5.77. The monoisotopic (exact) mass is 470 g/mol. The summed E-state index contributed by atoms with van der Waals surface area (Å²) in [7, 11) is 1.74. The number of rotatable bonds is 8. The van der Waals surface area contributed by atoms with Gasteiger partial charge in [-0.15, -0.1) is 0 Å². The molecule has 0 radical (unpaired) electrons. The number of unbranched alkanes of at least 4 members (excludes halogenated alkanes) is 1. The second-order valence-electron chi connectivity index (χ2n) is 10.1. The lowest BCUT2D eigenvalue weighted by molar-refractivity contribution is -0.133. The molecule has 3 atom stereocenters. The molecule has 34 heavy (non-hydrogen) atoms. The summed E-state index contributed by atoms with van der Waals surface area (Å²) in [6, 6.07) is 7.82. The van der Waals surface area contributed by atoms with Crippen LogP contribution in [0.25, 0.3) is 0 Å². The second-order valence-corrected chi connectivity index (χ2v) is 10.1. The molecular formula is C27H42N4O3. The highest BCUT2D eigenvalue weighted by atomic mass is 16.3. The number of hydrogen-bond acceptors (Lipinski definition) is 5. The minimum atomic E-state index is -1.02. The van der Waals surface area contributed by atoms with Crippen LogP contribution in [0.15, 0.2) is 29.3 Å². The van der Waals surface area contributed by atoms with E-state index < -0.39 is 18.2 Å². The van der Waals surface area contributed by atoms with Crippen LogP contribution < -0.4 is 10.2 Å². The molecular weight excluding hydrogens is 428 g/mol. The lowest BCUT2D eigenvalue weighted by Gasteiger charge is -2.27. The van der Waals surface area contributed by atoms with Crippen LogP contribution >= 0.6 is 0 Å². The Labute approximate surface area is 204 Å². The van der Waals surface area contributed by atoms with E-state index in [2.05, 4.69) is 17.1 Å². The van der Waals surface area contributed by atoms with Gasteiger partial charge >= 0.3 is 0 Å². The lowest BCUT2D eigenvalue weighted by Crippen LogP contribution is -2.50. The molecule has 2 aliphatic rings. The summed E-state index contributed by atoms with van der Waals surface area (Å²) in [5.74, 6) is -0.106. The van der Waals surface area contributed by atoms with Crippen molar-refractivity contribution in [1.82, 2.24) is 10.2 Å². The minimum Gasteiger partial charge on any atom is -0.392 e. The van der Waals surface area contributed by atoms with E-state index in [1.807, 2.05) is 38.1 Å². The van der Waals surface area contributed by atoms with E-state index in [0.29, 0.717) is 12.8 Å². The summed E-state index contributed by atoms with van der Waals surface area (Å²) < 4.78 is 0. The minimum absolute atomic E-state index is 0.250. The predicted molar refractivity (Wildman–Crippen MR) is 137 cm³/mol. The van der Waals surface area contributed by atoms with E-state index in [4.69, 9.17) is 4.99 Å². The number of anilines is 1. The van der Waals surface area contributed by atoms with Crippen molar-refractivity contribution < 1.29 is 14.7 Å². The first-order valence-electron chi connectivity index (χ1n) is 13.0.